The van der Waals surface area contributed by atoms with Gasteiger partial charge in [0.05, 0.1) is 12.2 Å². The molecule has 0 aromatic heterocycles. The van der Waals surface area contributed by atoms with Crippen molar-refractivity contribution in [3.8, 4) is 5.75 Å². The number of aliphatic hydroxyl groups is 1. The Hall–Kier alpha value is -1.10. The fourth-order valence-corrected chi connectivity index (χ4v) is 2.00. The number of para-hydroxylation sites is 1. The van der Waals surface area contributed by atoms with Gasteiger partial charge in [0.2, 0.25) is 0 Å². The third-order valence-corrected chi connectivity index (χ3v) is 2.67. The molecule has 4 heteroatoms. The predicted molar refractivity (Wildman–Crippen MR) is 78.6 cm³/mol. The van der Waals surface area contributed by atoms with Crippen LogP contribution in [-0.4, -0.2) is 55.9 Å². The summed E-state index contributed by atoms with van der Waals surface area (Å²) in [5.41, 5.74) is -0.691. The molecular formula is C15H26N2O2. The van der Waals surface area contributed by atoms with Gasteiger partial charge in [-0.15, -0.1) is 0 Å². The van der Waals surface area contributed by atoms with Crippen molar-refractivity contribution < 1.29 is 9.84 Å². The Bertz CT molecular complexity index is 339. The minimum Gasteiger partial charge on any atom is -0.494 e. The van der Waals surface area contributed by atoms with E-state index in [1.165, 1.54) is 0 Å². The lowest BCUT2D eigenvalue weighted by atomic mass is 10.1. The average molecular weight is 266 g/mol. The molecule has 108 valence electrons. The maximum Gasteiger partial charge on any atom is 0.119 e. The predicted octanol–water partition coefficient (Wildman–Crippen LogP) is 1.36. The van der Waals surface area contributed by atoms with E-state index in [1.54, 1.807) is 0 Å². The molecule has 0 saturated heterocycles. The van der Waals surface area contributed by atoms with Crippen molar-refractivity contribution in [1.82, 2.24) is 10.2 Å². The smallest absolute Gasteiger partial charge is 0.119 e. The molecule has 0 bridgehead atoms. The van der Waals surface area contributed by atoms with Gasteiger partial charge in [-0.2, -0.15) is 0 Å². The van der Waals surface area contributed by atoms with Gasteiger partial charge < -0.3 is 20.1 Å². The van der Waals surface area contributed by atoms with Crippen molar-refractivity contribution in [3.05, 3.63) is 30.3 Å². The van der Waals surface area contributed by atoms with E-state index in [-0.39, 0.29) is 0 Å². The van der Waals surface area contributed by atoms with E-state index in [0.717, 1.165) is 18.7 Å². The maximum absolute atomic E-state index is 10.1. The fraction of sp³-hybridized carbons (Fsp3) is 0.600. The normalized spacial score (nSPS) is 14.4. The number of hydrogen-bond donors (Lipinski definition) is 2. The van der Waals surface area contributed by atoms with E-state index in [0.29, 0.717) is 19.7 Å². The van der Waals surface area contributed by atoms with Crippen LogP contribution in [0.3, 0.4) is 0 Å². The first kappa shape index (κ1) is 16.0. The Balaban J connectivity index is 2.05. The zero-order valence-electron chi connectivity index (χ0n) is 12.2. The lowest BCUT2D eigenvalue weighted by Crippen LogP contribution is -2.45. The van der Waals surface area contributed by atoms with Gasteiger partial charge in [-0.1, -0.05) is 18.2 Å². The third kappa shape index (κ3) is 7.82. The summed E-state index contributed by atoms with van der Waals surface area (Å²) >= 11 is 0. The number of hydrogen-bond acceptors (Lipinski definition) is 4. The first-order valence-electron chi connectivity index (χ1n) is 6.75. The Morgan fingerprint density at radius 3 is 2.58 bits per heavy atom. The summed E-state index contributed by atoms with van der Waals surface area (Å²) in [6.45, 7) is 4.63. The van der Waals surface area contributed by atoms with Crippen LogP contribution in [0.4, 0.5) is 0 Å². The van der Waals surface area contributed by atoms with Gasteiger partial charge in [-0.3, -0.25) is 0 Å². The maximum atomic E-state index is 10.1. The van der Waals surface area contributed by atoms with Crippen molar-refractivity contribution in [2.75, 3.05) is 40.3 Å². The number of nitrogens with zero attached hydrogens (tertiary/aromatic N) is 1. The average Bonchev–Trinajstić information content (AvgIpc) is 2.33. The molecular weight excluding hydrogens is 240 g/mol. The Morgan fingerprint density at radius 1 is 1.26 bits per heavy atom. The summed E-state index contributed by atoms with van der Waals surface area (Å²) in [6, 6.07) is 9.81. The molecule has 0 radical (unpaired) electrons. The molecule has 2 N–H and O–H groups in total. The number of likely N-dealkylation sites (N-methyl/N-ethyl adjacent to an activating group) is 1. The molecule has 19 heavy (non-hydrogen) atoms. The van der Waals surface area contributed by atoms with E-state index in [2.05, 4.69) is 5.32 Å². The first-order valence-corrected chi connectivity index (χ1v) is 6.75. The highest BCUT2D eigenvalue weighted by atomic mass is 16.5. The molecule has 1 atom stereocenters. The van der Waals surface area contributed by atoms with Crippen LogP contribution in [-0.2, 0) is 0 Å². The highest BCUT2D eigenvalue weighted by Gasteiger charge is 2.20. The first-order chi connectivity index (χ1) is 8.99. The van der Waals surface area contributed by atoms with Crippen LogP contribution < -0.4 is 10.1 Å². The van der Waals surface area contributed by atoms with Crippen molar-refractivity contribution >= 4 is 0 Å². The second-order valence-corrected chi connectivity index (χ2v) is 5.43. The summed E-state index contributed by atoms with van der Waals surface area (Å²) in [5.74, 6) is 0.905. The molecule has 0 spiro atoms. The van der Waals surface area contributed by atoms with E-state index in [1.807, 2.05) is 56.3 Å². The lowest BCUT2D eigenvalue weighted by Gasteiger charge is -2.27. The van der Waals surface area contributed by atoms with Gasteiger partial charge in [0, 0.05) is 13.1 Å². The SMILES string of the molecule is CN(C)CC(C)(O)CNCCCOc1ccccc1. The molecule has 0 saturated carbocycles. The van der Waals surface area contributed by atoms with Gasteiger partial charge >= 0.3 is 0 Å². The molecule has 0 aliphatic carbocycles. The van der Waals surface area contributed by atoms with Crippen LogP contribution in [0.15, 0.2) is 30.3 Å². The quantitative estimate of drug-likeness (QED) is 0.662. The van der Waals surface area contributed by atoms with Crippen LogP contribution in [0.25, 0.3) is 0 Å². The largest absolute Gasteiger partial charge is 0.494 e. The highest BCUT2D eigenvalue weighted by Crippen LogP contribution is 2.08. The van der Waals surface area contributed by atoms with Crippen LogP contribution in [0.5, 0.6) is 5.75 Å². The summed E-state index contributed by atoms with van der Waals surface area (Å²) in [6.07, 6.45) is 0.924. The van der Waals surface area contributed by atoms with Crippen molar-refractivity contribution in [2.45, 2.75) is 18.9 Å². The fourth-order valence-electron chi connectivity index (χ4n) is 2.00. The zero-order valence-corrected chi connectivity index (χ0v) is 12.2. The number of nitrogens with one attached hydrogen (secondary N) is 1. The standard InChI is InChI=1S/C15H26N2O2/c1-15(18,13-17(2)3)12-16-10-7-11-19-14-8-5-4-6-9-14/h4-6,8-9,16,18H,7,10-13H2,1-3H3. The van der Waals surface area contributed by atoms with Crippen molar-refractivity contribution in [1.29, 1.82) is 0 Å². The van der Waals surface area contributed by atoms with Crippen LogP contribution >= 0.6 is 0 Å². The molecule has 1 unspecified atom stereocenters. The van der Waals surface area contributed by atoms with E-state index >= 15 is 0 Å². The van der Waals surface area contributed by atoms with Crippen LogP contribution in [0.2, 0.25) is 0 Å². The van der Waals surface area contributed by atoms with E-state index in [9.17, 15) is 5.11 Å². The van der Waals surface area contributed by atoms with Crippen molar-refractivity contribution in [2.24, 2.45) is 0 Å². The highest BCUT2D eigenvalue weighted by molar-refractivity contribution is 5.20. The zero-order chi connectivity index (χ0) is 14.1. The number of benzene rings is 1. The minimum atomic E-state index is -0.691. The Kier molecular flexibility index (Phi) is 6.84. The summed E-state index contributed by atoms with van der Waals surface area (Å²) in [4.78, 5) is 1.99. The molecule has 1 aromatic carbocycles. The second-order valence-electron chi connectivity index (χ2n) is 5.43. The third-order valence-electron chi connectivity index (χ3n) is 2.67. The molecule has 1 rings (SSSR count). The van der Waals surface area contributed by atoms with E-state index in [4.69, 9.17) is 4.74 Å². The summed E-state index contributed by atoms with van der Waals surface area (Å²) < 4.78 is 5.59. The lowest BCUT2D eigenvalue weighted by molar-refractivity contribution is 0.0338. The van der Waals surface area contributed by atoms with Gasteiger partial charge in [-0.05, 0) is 46.1 Å². The van der Waals surface area contributed by atoms with E-state index < -0.39 is 5.60 Å². The van der Waals surface area contributed by atoms with Gasteiger partial charge in [0.25, 0.3) is 0 Å². The number of rotatable bonds is 9. The molecule has 4 nitrogen and oxygen atoms in total. The summed E-state index contributed by atoms with van der Waals surface area (Å²) in [5, 5.41) is 13.3. The summed E-state index contributed by atoms with van der Waals surface area (Å²) in [7, 11) is 3.92. The monoisotopic (exact) mass is 266 g/mol. The second kappa shape index (κ2) is 8.15. The Morgan fingerprint density at radius 2 is 1.95 bits per heavy atom. The molecule has 0 heterocycles. The minimum absolute atomic E-state index is 0.594. The van der Waals surface area contributed by atoms with Crippen LogP contribution in [0, 0.1) is 0 Å². The van der Waals surface area contributed by atoms with Crippen LogP contribution in [0.1, 0.15) is 13.3 Å². The van der Waals surface area contributed by atoms with Crippen molar-refractivity contribution in [3.63, 3.8) is 0 Å². The number of ether oxygens (including phenoxy) is 1. The Labute approximate surface area is 116 Å². The topological polar surface area (TPSA) is 44.7 Å². The molecule has 0 fully saturated rings. The molecule has 0 amide bonds. The molecule has 0 aliphatic heterocycles. The molecule has 0 aliphatic rings. The van der Waals surface area contributed by atoms with Gasteiger partial charge in [0.1, 0.15) is 5.75 Å². The van der Waals surface area contributed by atoms with Gasteiger partial charge in [-0.25, -0.2) is 0 Å². The molecule has 1 aromatic rings. The van der Waals surface area contributed by atoms with Gasteiger partial charge in [0.15, 0.2) is 0 Å².